The van der Waals surface area contributed by atoms with Gasteiger partial charge in [-0.15, -0.1) is 0 Å². The van der Waals surface area contributed by atoms with Gasteiger partial charge in [0.1, 0.15) is 16.3 Å². The lowest BCUT2D eigenvalue weighted by Crippen LogP contribution is -2.13. The van der Waals surface area contributed by atoms with Gasteiger partial charge in [-0.2, -0.15) is 18.4 Å². The van der Waals surface area contributed by atoms with Crippen molar-refractivity contribution in [3.05, 3.63) is 81.8 Å². The quantitative estimate of drug-likeness (QED) is 0.421. The molecule has 1 N–H and O–H groups in total. The zero-order valence-electron chi connectivity index (χ0n) is 15.0. The number of aromatic nitrogens is 1. The highest BCUT2D eigenvalue weighted by Crippen LogP contribution is 2.42. The highest BCUT2D eigenvalue weighted by atomic mass is 79.9. The minimum absolute atomic E-state index is 0.00599. The SMILES string of the molecule is N#Cc1c(C(F)(F)F)cc(-c2ccc(Br)cc2)nc1S[C@@H](C(=O)O)c1ccccc1. The van der Waals surface area contributed by atoms with Gasteiger partial charge in [0, 0.05) is 10.0 Å². The predicted octanol–water partition coefficient (Wildman–Crippen LogP) is 6.32. The van der Waals surface area contributed by atoms with Gasteiger partial charge < -0.3 is 5.11 Å². The molecule has 0 unspecified atom stereocenters. The Hall–Kier alpha value is -2.83. The lowest BCUT2D eigenvalue weighted by molar-refractivity contribution is -0.138. The summed E-state index contributed by atoms with van der Waals surface area (Å²) in [7, 11) is 0. The number of nitriles is 1. The summed E-state index contributed by atoms with van der Waals surface area (Å²) in [6.07, 6.45) is -4.81. The Labute approximate surface area is 182 Å². The number of rotatable bonds is 5. The van der Waals surface area contributed by atoms with Crippen molar-refractivity contribution in [1.29, 1.82) is 5.26 Å². The number of carboxylic acids is 1. The first-order chi connectivity index (χ1) is 14.2. The Kier molecular flexibility index (Phi) is 6.48. The Morgan fingerprint density at radius 2 is 1.77 bits per heavy atom. The van der Waals surface area contributed by atoms with Crippen LogP contribution in [0.4, 0.5) is 13.2 Å². The van der Waals surface area contributed by atoms with Crippen LogP contribution in [0.1, 0.15) is 21.9 Å². The van der Waals surface area contributed by atoms with Gasteiger partial charge in [-0.1, -0.05) is 70.2 Å². The third-order valence-corrected chi connectivity index (χ3v) is 5.86. The largest absolute Gasteiger partial charge is 0.480 e. The Balaban J connectivity index is 2.18. The normalized spacial score (nSPS) is 12.2. The smallest absolute Gasteiger partial charge is 0.417 e. The number of halogens is 4. The summed E-state index contributed by atoms with van der Waals surface area (Å²) in [6.45, 7) is 0. The summed E-state index contributed by atoms with van der Waals surface area (Å²) in [6, 6.07) is 16.9. The van der Waals surface area contributed by atoms with Crippen LogP contribution in [0.3, 0.4) is 0 Å². The molecule has 152 valence electrons. The molecule has 0 saturated heterocycles. The molecule has 0 aliphatic carbocycles. The number of aliphatic carboxylic acids is 1. The van der Waals surface area contributed by atoms with Crippen LogP contribution in [0.5, 0.6) is 0 Å². The van der Waals surface area contributed by atoms with E-state index in [2.05, 4.69) is 20.9 Å². The van der Waals surface area contributed by atoms with Crippen LogP contribution in [0.2, 0.25) is 0 Å². The molecule has 0 aliphatic heterocycles. The molecule has 1 atom stereocenters. The number of thioether (sulfide) groups is 1. The van der Waals surface area contributed by atoms with Crippen molar-refractivity contribution in [2.45, 2.75) is 16.5 Å². The lowest BCUT2D eigenvalue weighted by atomic mass is 10.1. The fourth-order valence-electron chi connectivity index (χ4n) is 2.71. The second kappa shape index (κ2) is 8.90. The van der Waals surface area contributed by atoms with Crippen molar-refractivity contribution in [3.63, 3.8) is 0 Å². The fraction of sp³-hybridized carbons (Fsp3) is 0.0952. The van der Waals surface area contributed by atoms with E-state index in [1.165, 1.54) is 0 Å². The molecule has 0 bridgehead atoms. The van der Waals surface area contributed by atoms with Gasteiger partial charge in [-0.3, -0.25) is 4.79 Å². The van der Waals surface area contributed by atoms with Gasteiger partial charge in [-0.05, 0) is 23.8 Å². The van der Waals surface area contributed by atoms with Crippen LogP contribution < -0.4 is 0 Å². The standard InChI is InChI=1S/C21H12BrF3N2O2S/c22-14-8-6-12(7-9-14)17-10-16(21(23,24)25)15(11-26)19(27-17)30-18(20(28)29)13-4-2-1-3-5-13/h1-10,18H,(H,28,29)/t18-/m1/s1. The number of nitrogens with zero attached hydrogens (tertiary/aromatic N) is 2. The molecule has 0 fully saturated rings. The average molecular weight is 493 g/mol. The molecule has 0 saturated carbocycles. The maximum absolute atomic E-state index is 13.7. The topological polar surface area (TPSA) is 74.0 Å². The van der Waals surface area contributed by atoms with E-state index in [1.54, 1.807) is 60.7 Å². The minimum atomic E-state index is -4.81. The Morgan fingerprint density at radius 1 is 1.13 bits per heavy atom. The summed E-state index contributed by atoms with van der Waals surface area (Å²) in [5, 5.41) is 17.5. The molecule has 0 aliphatic rings. The van der Waals surface area contributed by atoms with Crippen molar-refractivity contribution in [3.8, 4) is 17.3 Å². The van der Waals surface area contributed by atoms with Crippen LogP contribution in [0.25, 0.3) is 11.3 Å². The summed E-state index contributed by atoms with van der Waals surface area (Å²) >= 11 is 3.86. The zero-order valence-corrected chi connectivity index (χ0v) is 17.4. The van der Waals surface area contributed by atoms with Gasteiger partial charge in [0.25, 0.3) is 0 Å². The molecule has 4 nitrogen and oxygen atoms in total. The molecule has 1 aromatic heterocycles. The third kappa shape index (κ3) is 4.83. The van der Waals surface area contributed by atoms with Crippen LogP contribution in [-0.4, -0.2) is 16.1 Å². The second-order valence-electron chi connectivity index (χ2n) is 6.10. The first-order valence-corrected chi connectivity index (χ1v) is 10.1. The number of carboxylic acid groups (broad SMARTS) is 1. The maximum atomic E-state index is 13.7. The lowest BCUT2D eigenvalue weighted by Gasteiger charge is -2.17. The van der Waals surface area contributed by atoms with Gasteiger partial charge >= 0.3 is 12.1 Å². The minimum Gasteiger partial charge on any atom is -0.480 e. The molecule has 9 heteroatoms. The predicted molar refractivity (Wildman–Crippen MR) is 110 cm³/mol. The summed E-state index contributed by atoms with van der Waals surface area (Å²) in [4.78, 5) is 16.0. The van der Waals surface area contributed by atoms with E-state index < -0.39 is 28.5 Å². The number of hydrogen-bond acceptors (Lipinski definition) is 4. The summed E-state index contributed by atoms with van der Waals surface area (Å²) in [5.41, 5.74) is -1.08. The molecular weight excluding hydrogens is 481 g/mol. The van der Waals surface area contributed by atoms with Crippen LogP contribution in [0, 0.1) is 11.3 Å². The van der Waals surface area contributed by atoms with E-state index in [4.69, 9.17) is 0 Å². The molecule has 2 aromatic carbocycles. The first kappa shape index (κ1) is 21.9. The number of benzene rings is 2. The van der Waals surface area contributed by atoms with Gasteiger partial charge in [-0.25, -0.2) is 4.98 Å². The van der Waals surface area contributed by atoms with Gasteiger partial charge in [0.2, 0.25) is 0 Å². The van der Waals surface area contributed by atoms with Crippen LogP contribution >= 0.6 is 27.7 Å². The average Bonchev–Trinajstić information content (AvgIpc) is 2.71. The van der Waals surface area contributed by atoms with Crippen molar-refractivity contribution in [1.82, 2.24) is 4.98 Å². The number of alkyl halides is 3. The van der Waals surface area contributed by atoms with Crippen LogP contribution in [0.15, 0.2) is 70.2 Å². The molecular formula is C21H12BrF3N2O2S. The second-order valence-corrected chi connectivity index (χ2v) is 8.11. The maximum Gasteiger partial charge on any atom is 0.417 e. The molecule has 0 radical (unpaired) electrons. The van der Waals surface area contributed by atoms with E-state index in [-0.39, 0.29) is 10.7 Å². The number of hydrogen-bond donors (Lipinski definition) is 1. The number of pyridine rings is 1. The van der Waals surface area contributed by atoms with Crippen LogP contribution in [-0.2, 0) is 11.0 Å². The number of carbonyl (C=O) groups is 1. The first-order valence-electron chi connectivity index (χ1n) is 8.43. The van der Waals surface area contributed by atoms with E-state index >= 15 is 0 Å². The Bertz CT molecular complexity index is 1110. The molecule has 1 heterocycles. The zero-order chi connectivity index (χ0) is 21.9. The molecule has 3 aromatic rings. The molecule has 0 spiro atoms. The van der Waals surface area contributed by atoms with Crippen molar-refractivity contribution >= 4 is 33.7 Å². The monoisotopic (exact) mass is 492 g/mol. The van der Waals surface area contributed by atoms with E-state index in [0.29, 0.717) is 22.9 Å². The highest BCUT2D eigenvalue weighted by Gasteiger charge is 2.37. The molecule has 30 heavy (non-hydrogen) atoms. The van der Waals surface area contributed by atoms with E-state index in [9.17, 15) is 28.3 Å². The summed E-state index contributed by atoms with van der Waals surface area (Å²) < 4.78 is 41.8. The third-order valence-electron chi connectivity index (χ3n) is 4.10. The summed E-state index contributed by atoms with van der Waals surface area (Å²) in [5.74, 6) is -1.25. The van der Waals surface area contributed by atoms with Crippen molar-refractivity contribution in [2.24, 2.45) is 0 Å². The highest BCUT2D eigenvalue weighted by molar-refractivity contribution is 9.10. The van der Waals surface area contributed by atoms with E-state index in [1.807, 2.05) is 0 Å². The fourth-order valence-corrected chi connectivity index (χ4v) is 4.01. The molecule has 3 rings (SSSR count). The van der Waals surface area contributed by atoms with E-state index in [0.717, 1.165) is 10.5 Å². The van der Waals surface area contributed by atoms with Crippen molar-refractivity contribution < 1.29 is 23.1 Å². The van der Waals surface area contributed by atoms with Crippen molar-refractivity contribution in [2.75, 3.05) is 0 Å². The Morgan fingerprint density at radius 3 is 2.30 bits per heavy atom. The van der Waals surface area contributed by atoms with Gasteiger partial charge in [0.15, 0.2) is 0 Å². The van der Waals surface area contributed by atoms with Gasteiger partial charge in [0.05, 0.1) is 16.8 Å². The molecule has 0 amide bonds.